The van der Waals surface area contributed by atoms with Crippen molar-refractivity contribution in [2.75, 3.05) is 13.7 Å². The molecule has 0 spiro atoms. The van der Waals surface area contributed by atoms with E-state index in [1.807, 2.05) is 30.3 Å². The lowest BCUT2D eigenvalue weighted by molar-refractivity contribution is 0.414. The van der Waals surface area contributed by atoms with Crippen molar-refractivity contribution in [1.29, 1.82) is 0 Å². The van der Waals surface area contributed by atoms with E-state index in [-0.39, 0.29) is 5.82 Å². The minimum Gasteiger partial charge on any atom is -0.497 e. The molecule has 2 nitrogen and oxygen atoms in total. The summed E-state index contributed by atoms with van der Waals surface area (Å²) in [4.78, 5) is 0. The molecular formula is C17H20FNO. The summed E-state index contributed by atoms with van der Waals surface area (Å²) in [6.45, 7) is 5.45. The van der Waals surface area contributed by atoms with E-state index in [9.17, 15) is 4.39 Å². The second kappa shape index (κ2) is 6.53. The van der Waals surface area contributed by atoms with Crippen LogP contribution in [0, 0.1) is 12.7 Å². The molecule has 0 heterocycles. The predicted octanol–water partition coefficient (Wildman–Crippen LogP) is 3.92. The molecule has 20 heavy (non-hydrogen) atoms. The highest BCUT2D eigenvalue weighted by Crippen LogP contribution is 2.28. The second-order valence-corrected chi connectivity index (χ2v) is 4.77. The van der Waals surface area contributed by atoms with Gasteiger partial charge in [0.05, 0.1) is 7.11 Å². The number of halogens is 1. The van der Waals surface area contributed by atoms with Gasteiger partial charge in [-0.15, -0.1) is 0 Å². The molecule has 0 bridgehead atoms. The van der Waals surface area contributed by atoms with Crippen LogP contribution in [0.3, 0.4) is 0 Å². The standard InChI is InChI=1S/C17H20FNO/c1-4-19-11-14-9-15(20-3)7-8-16(14)13-6-5-12(2)17(18)10-13/h5-10,19H,4,11H2,1-3H3. The van der Waals surface area contributed by atoms with Crippen molar-refractivity contribution in [1.82, 2.24) is 5.32 Å². The average molecular weight is 273 g/mol. The second-order valence-electron chi connectivity index (χ2n) is 4.77. The van der Waals surface area contributed by atoms with Crippen LogP contribution in [-0.4, -0.2) is 13.7 Å². The Bertz CT molecular complexity index is 596. The molecule has 0 fully saturated rings. The Morgan fingerprint density at radius 2 is 1.95 bits per heavy atom. The maximum absolute atomic E-state index is 13.8. The van der Waals surface area contributed by atoms with Gasteiger partial charge in [-0.3, -0.25) is 0 Å². The van der Waals surface area contributed by atoms with Crippen molar-refractivity contribution in [2.45, 2.75) is 20.4 Å². The van der Waals surface area contributed by atoms with E-state index >= 15 is 0 Å². The third kappa shape index (κ3) is 3.17. The Labute approximate surface area is 119 Å². The van der Waals surface area contributed by atoms with Gasteiger partial charge in [0.15, 0.2) is 0 Å². The van der Waals surface area contributed by atoms with E-state index in [0.29, 0.717) is 5.56 Å². The summed E-state index contributed by atoms with van der Waals surface area (Å²) in [5, 5.41) is 3.30. The molecular weight excluding hydrogens is 253 g/mol. The first kappa shape index (κ1) is 14.5. The summed E-state index contributed by atoms with van der Waals surface area (Å²) < 4.78 is 19.0. The lowest BCUT2D eigenvalue weighted by Crippen LogP contribution is -2.12. The van der Waals surface area contributed by atoms with Gasteiger partial charge in [-0.1, -0.05) is 25.1 Å². The quantitative estimate of drug-likeness (QED) is 0.891. The van der Waals surface area contributed by atoms with Crippen LogP contribution in [0.5, 0.6) is 5.75 Å². The predicted molar refractivity (Wildman–Crippen MR) is 80.5 cm³/mol. The van der Waals surface area contributed by atoms with Crippen molar-refractivity contribution >= 4 is 0 Å². The topological polar surface area (TPSA) is 21.3 Å². The number of rotatable bonds is 5. The van der Waals surface area contributed by atoms with Crippen LogP contribution in [0.4, 0.5) is 4.39 Å². The summed E-state index contributed by atoms with van der Waals surface area (Å²) in [6.07, 6.45) is 0. The van der Waals surface area contributed by atoms with Crippen LogP contribution in [0.25, 0.3) is 11.1 Å². The summed E-state index contributed by atoms with van der Waals surface area (Å²) in [7, 11) is 1.65. The van der Waals surface area contributed by atoms with E-state index in [1.54, 1.807) is 20.1 Å². The Hall–Kier alpha value is -1.87. The molecule has 0 saturated carbocycles. The zero-order chi connectivity index (χ0) is 14.5. The number of hydrogen-bond acceptors (Lipinski definition) is 2. The molecule has 0 saturated heterocycles. The number of hydrogen-bond donors (Lipinski definition) is 1. The molecule has 2 aromatic rings. The molecule has 2 rings (SSSR count). The normalized spacial score (nSPS) is 10.6. The minimum atomic E-state index is -0.173. The highest BCUT2D eigenvalue weighted by atomic mass is 19.1. The SMILES string of the molecule is CCNCc1cc(OC)ccc1-c1ccc(C)c(F)c1. The number of ether oxygens (including phenoxy) is 1. The molecule has 0 aromatic heterocycles. The molecule has 0 unspecified atom stereocenters. The Kier molecular flexibility index (Phi) is 4.74. The first-order valence-electron chi connectivity index (χ1n) is 6.80. The fourth-order valence-corrected chi connectivity index (χ4v) is 2.14. The number of nitrogens with one attached hydrogen (secondary N) is 1. The van der Waals surface area contributed by atoms with Gasteiger partial charge in [0.25, 0.3) is 0 Å². The fraction of sp³-hybridized carbons (Fsp3) is 0.294. The highest BCUT2D eigenvalue weighted by Gasteiger charge is 2.08. The minimum absolute atomic E-state index is 0.173. The van der Waals surface area contributed by atoms with Crippen LogP contribution in [0.1, 0.15) is 18.1 Å². The number of aryl methyl sites for hydroxylation is 1. The largest absolute Gasteiger partial charge is 0.497 e. The van der Waals surface area contributed by atoms with Gasteiger partial charge in [0, 0.05) is 6.54 Å². The van der Waals surface area contributed by atoms with Crippen LogP contribution in [0.2, 0.25) is 0 Å². The van der Waals surface area contributed by atoms with Crippen LogP contribution in [0.15, 0.2) is 36.4 Å². The molecule has 106 valence electrons. The maximum Gasteiger partial charge on any atom is 0.126 e. The summed E-state index contributed by atoms with van der Waals surface area (Å²) in [6, 6.07) is 11.2. The summed E-state index contributed by atoms with van der Waals surface area (Å²) >= 11 is 0. The first-order valence-corrected chi connectivity index (χ1v) is 6.80. The van der Waals surface area contributed by atoms with Crippen LogP contribution in [-0.2, 0) is 6.54 Å². The first-order chi connectivity index (χ1) is 9.65. The van der Waals surface area contributed by atoms with Crippen molar-refractivity contribution in [2.24, 2.45) is 0 Å². The van der Waals surface area contributed by atoms with Gasteiger partial charge in [-0.2, -0.15) is 0 Å². The maximum atomic E-state index is 13.8. The molecule has 2 aromatic carbocycles. The Morgan fingerprint density at radius 1 is 1.15 bits per heavy atom. The van der Waals surface area contributed by atoms with Crippen molar-refractivity contribution in [3.05, 3.63) is 53.3 Å². The summed E-state index contributed by atoms with van der Waals surface area (Å²) in [5.74, 6) is 0.641. The fourth-order valence-electron chi connectivity index (χ4n) is 2.14. The highest BCUT2D eigenvalue weighted by molar-refractivity contribution is 5.68. The summed E-state index contributed by atoms with van der Waals surface area (Å²) in [5.41, 5.74) is 3.69. The van der Waals surface area contributed by atoms with Crippen molar-refractivity contribution in [3.63, 3.8) is 0 Å². The zero-order valence-corrected chi connectivity index (χ0v) is 12.2. The zero-order valence-electron chi connectivity index (χ0n) is 12.2. The van der Waals surface area contributed by atoms with E-state index < -0.39 is 0 Å². The van der Waals surface area contributed by atoms with Crippen LogP contribution < -0.4 is 10.1 Å². The molecule has 0 radical (unpaired) electrons. The Balaban J connectivity index is 2.45. The van der Waals surface area contributed by atoms with Crippen molar-refractivity contribution in [3.8, 4) is 16.9 Å². The van der Waals surface area contributed by atoms with E-state index in [1.165, 1.54) is 0 Å². The number of benzene rings is 2. The van der Waals surface area contributed by atoms with Gasteiger partial charge in [-0.25, -0.2) is 4.39 Å². The molecule has 0 aliphatic carbocycles. The van der Waals surface area contributed by atoms with Gasteiger partial charge in [-0.05, 0) is 53.9 Å². The third-order valence-corrected chi connectivity index (χ3v) is 3.36. The van der Waals surface area contributed by atoms with E-state index in [4.69, 9.17) is 4.74 Å². The average Bonchev–Trinajstić information content (AvgIpc) is 2.47. The van der Waals surface area contributed by atoms with E-state index in [2.05, 4.69) is 12.2 Å². The van der Waals surface area contributed by atoms with E-state index in [0.717, 1.165) is 35.5 Å². The smallest absolute Gasteiger partial charge is 0.126 e. The lowest BCUT2D eigenvalue weighted by atomic mass is 9.98. The Morgan fingerprint density at radius 3 is 2.60 bits per heavy atom. The molecule has 0 aliphatic heterocycles. The number of methoxy groups -OCH3 is 1. The van der Waals surface area contributed by atoms with Gasteiger partial charge in [0.2, 0.25) is 0 Å². The van der Waals surface area contributed by atoms with Gasteiger partial charge < -0.3 is 10.1 Å². The molecule has 0 atom stereocenters. The van der Waals surface area contributed by atoms with Gasteiger partial charge >= 0.3 is 0 Å². The molecule has 0 aliphatic rings. The van der Waals surface area contributed by atoms with Crippen LogP contribution >= 0.6 is 0 Å². The third-order valence-electron chi connectivity index (χ3n) is 3.36. The van der Waals surface area contributed by atoms with Crippen molar-refractivity contribution < 1.29 is 9.13 Å². The van der Waals surface area contributed by atoms with Gasteiger partial charge in [0.1, 0.15) is 11.6 Å². The molecule has 1 N–H and O–H groups in total. The molecule has 3 heteroatoms. The lowest BCUT2D eigenvalue weighted by Gasteiger charge is -2.13. The monoisotopic (exact) mass is 273 g/mol. The molecule has 0 amide bonds.